The second-order valence-electron chi connectivity index (χ2n) is 4.35. The molecular weight excluding hydrogens is 230 g/mol. The van der Waals surface area contributed by atoms with Gasteiger partial charge in [0.05, 0.1) is 6.42 Å². The summed E-state index contributed by atoms with van der Waals surface area (Å²) >= 11 is 0. The van der Waals surface area contributed by atoms with Crippen LogP contribution >= 0.6 is 0 Å². The van der Waals surface area contributed by atoms with Crippen LogP contribution in [0.3, 0.4) is 0 Å². The lowest BCUT2D eigenvalue weighted by atomic mass is 10.1. The number of nitrogens with one attached hydrogen (secondary N) is 2. The predicted octanol–water partition coefficient (Wildman–Crippen LogP) is 0.650. The van der Waals surface area contributed by atoms with Crippen LogP contribution in [0.15, 0.2) is 18.2 Å². The van der Waals surface area contributed by atoms with Gasteiger partial charge in [-0.15, -0.1) is 0 Å². The summed E-state index contributed by atoms with van der Waals surface area (Å²) in [6.45, 7) is 1.27. The molecule has 1 heterocycles. The van der Waals surface area contributed by atoms with Crippen molar-refractivity contribution in [1.29, 1.82) is 0 Å². The van der Waals surface area contributed by atoms with Crippen molar-refractivity contribution in [3.8, 4) is 0 Å². The molecule has 0 saturated heterocycles. The summed E-state index contributed by atoms with van der Waals surface area (Å²) in [6, 6.07) is 5.27. The molecule has 2 rings (SSSR count). The molecule has 5 nitrogen and oxygen atoms in total. The first-order chi connectivity index (χ1) is 8.70. The van der Waals surface area contributed by atoms with Gasteiger partial charge in [0, 0.05) is 17.8 Å². The first kappa shape index (κ1) is 12.6. The summed E-state index contributed by atoms with van der Waals surface area (Å²) in [7, 11) is 0. The predicted molar refractivity (Wildman–Crippen MR) is 69.4 cm³/mol. The summed E-state index contributed by atoms with van der Waals surface area (Å²) in [5, 5.41) is 5.58. The van der Waals surface area contributed by atoms with E-state index in [1.165, 1.54) is 0 Å². The Bertz CT molecular complexity index is 471. The van der Waals surface area contributed by atoms with Crippen molar-refractivity contribution in [3.05, 3.63) is 29.3 Å². The smallest absolute Gasteiger partial charge is 0.251 e. The van der Waals surface area contributed by atoms with E-state index in [1.807, 2.05) is 0 Å². The van der Waals surface area contributed by atoms with Gasteiger partial charge in [0.25, 0.3) is 5.91 Å². The number of nitrogens with two attached hydrogens (primary N) is 1. The number of anilines is 1. The Morgan fingerprint density at radius 3 is 3.00 bits per heavy atom. The van der Waals surface area contributed by atoms with Gasteiger partial charge >= 0.3 is 0 Å². The molecule has 2 amide bonds. The Hall–Kier alpha value is -1.88. The third-order valence-electron chi connectivity index (χ3n) is 2.91. The van der Waals surface area contributed by atoms with Crippen molar-refractivity contribution in [2.45, 2.75) is 19.3 Å². The minimum atomic E-state index is -0.103. The average Bonchev–Trinajstić information content (AvgIpc) is 2.73. The van der Waals surface area contributed by atoms with Crippen molar-refractivity contribution in [2.24, 2.45) is 5.73 Å². The minimum absolute atomic E-state index is 0.0227. The molecule has 0 saturated carbocycles. The van der Waals surface area contributed by atoms with E-state index in [4.69, 9.17) is 5.73 Å². The standard InChI is InChI=1S/C13H17N3O2/c14-5-1-2-6-15-13(18)9-3-4-11-10(7-9)8-12(17)16-11/h3-4,7H,1-2,5-6,8,14H2,(H,15,18)(H,16,17). The molecule has 1 aliphatic heterocycles. The van der Waals surface area contributed by atoms with E-state index in [-0.39, 0.29) is 11.8 Å². The SMILES string of the molecule is NCCCCNC(=O)c1ccc2c(c1)CC(=O)N2. The molecule has 1 aromatic rings. The van der Waals surface area contributed by atoms with Crippen LogP contribution in [0.2, 0.25) is 0 Å². The lowest BCUT2D eigenvalue weighted by Crippen LogP contribution is -2.24. The lowest BCUT2D eigenvalue weighted by Gasteiger charge is -2.06. The first-order valence-corrected chi connectivity index (χ1v) is 6.12. The summed E-state index contributed by atoms with van der Waals surface area (Å²) in [5.41, 5.74) is 7.66. The van der Waals surface area contributed by atoms with E-state index < -0.39 is 0 Å². The summed E-state index contributed by atoms with van der Waals surface area (Å²) in [4.78, 5) is 23.0. The number of fused-ring (bicyclic) bond motifs is 1. The highest BCUT2D eigenvalue weighted by Crippen LogP contribution is 2.23. The molecule has 0 aliphatic carbocycles. The van der Waals surface area contributed by atoms with Crippen LogP contribution in [0.4, 0.5) is 5.69 Å². The third-order valence-corrected chi connectivity index (χ3v) is 2.91. The van der Waals surface area contributed by atoms with Crippen LogP contribution in [0.1, 0.15) is 28.8 Å². The number of hydrogen-bond donors (Lipinski definition) is 3. The van der Waals surface area contributed by atoms with E-state index in [9.17, 15) is 9.59 Å². The molecule has 0 unspecified atom stereocenters. The van der Waals surface area contributed by atoms with Gasteiger partial charge < -0.3 is 16.4 Å². The second kappa shape index (κ2) is 5.64. The molecule has 0 aromatic heterocycles. The zero-order chi connectivity index (χ0) is 13.0. The van der Waals surface area contributed by atoms with Gasteiger partial charge in [0.15, 0.2) is 0 Å². The number of hydrogen-bond acceptors (Lipinski definition) is 3. The summed E-state index contributed by atoms with van der Waals surface area (Å²) in [6.07, 6.45) is 2.14. The van der Waals surface area contributed by atoms with E-state index in [0.717, 1.165) is 24.1 Å². The van der Waals surface area contributed by atoms with Crippen LogP contribution in [0.5, 0.6) is 0 Å². The largest absolute Gasteiger partial charge is 0.352 e. The van der Waals surface area contributed by atoms with Crippen LogP contribution in [0, 0.1) is 0 Å². The molecular formula is C13H17N3O2. The summed E-state index contributed by atoms with van der Waals surface area (Å²) < 4.78 is 0. The van der Waals surface area contributed by atoms with Crippen molar-refractivity contribution in [3.63, 3.8) is 0 Å². The number of carbonyl (C=O) groups excluding carboxylic acids is 2. The zero-order valence-corrected chi connectivity index (χ0v) is 10.2. The molecule has 5 heteroatoms. The second-order valence-corrected chi connectivity index (χ2v) is 4.35. The van der Waals surface area contributed by atoms with Gasteiger partial charge in [-0.3, -0.25) is 9.59 Å². The third kappa shape index (κ3) is 2.87. The molecule has 0 spiro atoms. The van der Waals surface area contributed by atoms with Gasteiger partial charge in [0.2, 0.25) is 5.91 Å². The fraction of sp³-hybridized carbons (Fsp3) is 0.385. The van der Waals surface area contributed by atoms with Crippen LogP contribution in [-0.2, 0) is 11.2 Å². The highest BCUT2D eigenvalue weighted by atomic mass is 16.2. The van der Waals surface area contributed by atoms with E-state index >= 15 is 0 Å². The number of unbranched alkanes of at least 4 members (excludes halogenated alkanes) is 1. The summed E-state index contributed by atoms with van der Waals surface area (Å²) in [5.74, 6) is -0.125. The Kier molecular flexibility index (Phi) is 3.94. The highest BCUT2D eigenvalue weighted by Gasteiger charge is 2.18. The fourth-order valence-corrected chi connectivity index (χ4v) is 1.94. The maximum atomic E-state index is 11.8. The Labute approximate surface area is 106 Å². The topological polar surface area (TPSA) is 84.2 Å². The Balaban J connectivity index is 1.95. The van der Waals surface area contributed by atoms with Crippen LogP contribution in [0.25, 0.3) is 0 Å². The fourth-order valence-electron chi connectivity index (χ4n) is 1.94. The van der Waals surface area contributed by atoms with Crippen molar-refractivity contribution < 1.29 is 9.59 Å². The average molecular weight is 247 g/mol. The van der Waals surface area contributed by atoms with Crippen LogP contribution < -0.4 is 16.4 Å². The maximum Gasteiger partial charge on any atom is 0.251 e. The van der Waals surface area contributed by atoms with E-state index in [1.54, 1.807) is 18.2 Å². The van der Waals surface area contributed by atoms with E-state index in [2.05, 4.69) is 10.6 Å². The molecule has 0 fully saturated rings. The highest BCUT2D eigenvalue weighted by molar-refractivity contribution is 6.01. The maximum absolute atomic E-state index is 11.8. The van der Waals surface area contributed by atoms with Gasteiger partial charge in [-0.25, -0.2) is 0 Å². The number of benzene rings is 1. The first-order valence-electron chi connectivity index (χ1n) is 6.12. The molecule has 0 radical (unpaired) electrons. The van der Waals surface area contributed by atoms with Crippen molar-refractivity contribution in [2.75, 3.05) is 18.4 Å². The normalized spacial score (nSPS) is 13.1. The zero-order valence-electron chi connectivity index (χ0n) is 10.2. The van der Waals surface area contributed by atoms with Gasteiger partial charge in [-0.1, -0.05) is 0 Å². The number of rotatable bonds is 5. The van der Waals surface area contributed by atoms with Gasteiger partial charge in [-0.2, -0.15) is 0 Å². The Morgan fingerprint density at radius 1 is 1.39 bits per heavy atom. The molecule has 18 heavy (non-hydrogen) atoms. The quantitative estimate of drug-likeness (QED) is 0.668. The lowest BCUT2D eigenvalue weighted by molar-refractivity contribution is -0.115. The molecule has 4 N–H and O–H groups in total. The van der Waals surface area contributed by atoms with Crippen LogP contribution in [-0.4, -0.2) is 24.9 Å². The monoisotopic (exact) mass is 247 g/mol. The van der Waals surface area contributed by atoms with E-state index in [0.29, 0.717) is 25.1 Å². The van der Waals surface area contributed by atoms with Gasteiger partial charge in [0.1, 0.15) is 0 Å². The molecule has 0 atom stereocenters. The minimum Gasteiger partial charge on any atom is -0.352 e. The number of carbonyl (C=O) groups is 2. The Morgan fingerprint density at radius 2 is 2.22 bits per heavy atom. The van der Waals surface area contributed by atoms with Gasteiger partial charge in [-0.05, 0) is 43.1 Å². The van der Waals surface area contributed by atoms with Crippen molar-refractivity contribution >= 4 is 17.5 Å². The number of amides is 2. The molecule has 1 aliphatic rings. The van der Waals surface area contributed by atoms with Crippen molar-refractivity contribution in [1.82, 2.24) is 5.32 Å². The molecule has 96 valence electrons. The molecule has 1 aromatic carbocycles. The molecule has 0 bridgehead atoms.